The number of nitrogens with one attached hydrogen (secondary N) is 5. The van der Waals surface area contributed by atoms with Gasteiger partial charge in [-0.1, -0.05) is 105 Å². The summed E-state index contributed by atoms with van der Waals surface area (Å²) in [5.74, 6) is -5.37. The highest BCUT2D eigenvalue weighted by atomic mass is 16.6. The number of imide groups is 1. The molecule has 0 aliphatic carbocycles. The lowest BCUT2D eigenvalue weighted by molar-refractivity contribution is -0.145. The first-order chi connectivity index (χ1) is 33.1. The third-order valence-corrected chi connectivity index (χ3v) is 12.4. The Labute approximate surface area is 401 Å². The number of fused-ring (bicyclic) bond motifs is 1. The molecule has 5 aromatic rings. The molecule has 17 nitrogen and oxygen atoms in total. The first-order valence-electron chi connectivity index (χ1n) is 23.2. The largest absolute Gasteiger partial charge is 0.508 e. The van der Waals surface area contributed by atoms with Crippen LogP contribution in [0.2, 0.25) is 0 Å². The monoisotopic (exact) mass is 942 g/mol. The fraction of sp³-hybridized carbons (Fsp3) is 0.365. The van der Waals surface area contributed by atoms with Gasteiger partial charge in [-0.3, -0.25) is 28.8 Å². The number of hydrogen-bond acceptors (Lipinski definition) is 10. The van der Waals surface area contributed by atoms with Crippen LogP contribution in [0, 0.1) is 5.92 Å². The average Bonchev–Trinajstić information content (AvgIpc) is 3.76. The molecule has 6 rings (SSSR count). The molecule has 0 radical (unpaired) electrons. The van der Waals surface area contributed by atoms with Crippen molar-refractivity contribution in [3.63, 3.8) is 0 Å². The van der Waals surface area contributed by atoms with Crippen molar-refractivity contribution in [2.45, 2.75) is 102 Å². The van der Waals surface area contributed by atoms with Crippen LogP contribution in [0.1, 0.15) is 62.3 Å². The van der Waals surface area contributed by atoms with Crippen LogP contribution >= 0.6 is 0 Å². The van der Waals surface area contributed by atoms with Gasteiger partial charge < -0.3 is 46.7 Å². The topological polar surface area (TPSA) is 245 Å². The van der Waals surface area contributed by atoms with Crippen molar-refractivity contribution in [1.29, 1.82) is 0 Å². The van der Waals surface area contributed by atoms with Crippen LogP contribution in [0.15, 0.2) is 115 Å². The molecule has 1 saturated heterocycles. The van der Waals surface area contributed by atoms with Crippen molar-refractivity contribution in [3.8, 4) is 5.75 Å². The molecule has 0 bridgehead atoms. The lowest BCUT2D eigenvalue weighted by atomic mass is 9.98. The number of nitrogens with zero attached hydrogens (tertiary/aromatic N) is 2. The number of unbranched alkanes of at least 4 members (excludes halogenated alkanes) is 1. The van der Waals surface area contributed by atoms with Crippen molar-refractivity contribution >= 4 is 52.4 Å². The molecule has 7 amide bonds. The summed E-state index contributed by atoms with van der Waals surface area (Å²) in [7, 11) is 1.42. The summed E-state index contributed by atoms with van der Waals surface area (Å²) in [4.78, 5) is 108. The second-order valence-corrected chi connectivity index (χ2v) is 17.7. The van der Waals surface area contributed by atoms with Crippen molar-refractivity contribution < 1.29 is 43.4 Å². The smallest absolute Gasteiger partial charge is 0.417 e. The van der Waals surface area contributed by atoms with E-state index in [9.17, 15) is 33.9 Å². The molecule has 2 heterocycles. The Morgan fingerprint density at radius 1 is 0.667 bits per heavy atom. The third kappa shape index (κ3) is 13.3. The van der Waals surface area contributed by atoms with Gasteiger partial charge in [0.15, 0.2) is 0 Å². The predicted molar refractivity (Wildman–Crippen MR) is 259 cm³/mol. The lowest BCUT2D eigenvalue weighted by Gasteiger charge is -2.35. The zero-order chi connectivity index (χ0) is 49.6. The first-order valence-corrected chi connectivity index (χ1v) is 23.2. The highest BCUT2D eigenvalue weighted by Gasteiger charge is 2.43. The number of aromatic nitrogens is 1. The molecule has 1 aliphatic rings. The molecule has 6 atom stereocenters. The molecule has 0 spiro atoms. The number of hydrogen-bond donors (Lipinski definition) is 7. The Hall–Kier alpha value is -7.53. The van der Waals surface area contributed by atoms with E-state index in [0.29, 0.717) is 33.6 Å². The van der Waals surface area contributed by atoms with E-state index < -0.39 is 83.7 Å². The van der Waals surface area contributed by atoms with Gasteiger partial charge in [-0.2, -0.15) is 0 Å². The van der Waals surface area contributed by atoms with E-state index in [0.717, 1.165) is 10.9 Å². The lowest BCUT2D eigenvalue weighted by Crippen LogP contribution is -2.63. The Balaban J connectivity index is 1.50. The number of nitrogens with two attached hydrogens (primary N) is 1. The maximum Gasteiger partial charge on any atom is 0.417 e. The van der Waals surface area contributed by atoms with E-state index in [1.807, 2.05) is 24.3 Å². The molecule has 364 valence electrons. The molecule has 17 heteroatoms. The van der Waals surface area contributed by atoms with Crippen LogP contribution in [0.3, 0.4) is 0 Å². The molecule has 0 saturated carbocycles. The second-order valence-electron chi connectivity index (χ2n) is 17.7. The third-order valence-electron chi connectivity index (χ3n) is 12.4. The Morgan fingerprint density at radius 3 is 1.91 bits per heavy atom. The van der Waals surface area contributed by atoms with Gasteiger partial charge in [-0.05, 0) is 79.1 Å². The fourth-order valence-electron chi connectivity index (χ4n) is 8.26. The number of aromatic hydroxyl groups is 1. The molecule has 1 fully saturated rings. The SMILES string of the molecule is CC(C)[C@@H]1NC(=O)[C@H](CCCCN)N(C(=O)OCc2ccccc2)C(=O)[C@@H](Cc2c[nH]c3ccccc23)NC(=O)[C@H](Cc2ccc(O)cc2)NC(=O)[C@H](C)N(C)C(=O)[C@H](Cc2ccccc2)NC1=O. The maximum atomic E-state index is 15.5. The van der Waals surface area contributed by atoms with E-state index in [4.69, 9.17) is 10.5 Å². The number of H-pyrrole nitrogens is 1. The Morgan fingerprint density at radius 2 is 1.25 bits per heavy atom. The molecule has 69 heavy (non-hydrogen) atoms. The minimum Gasteiger partial charge on any atom is -0.508 e. The number of rotatable bonds is 13. The second kappa shape index (κ2) is 24.0. The van der Waals surface area contributed by atoms with Crippen LogP contribution in [-0.4, -0.2) is 111 Å². The Bertz CT molecular complexity index is 2570. The number of para-hydroxylation sites is 1. The number of amides is 7. The van der Waals surface area contributed by atoms with Crippen molar-refractivity contribution in [2.75, 3.05) is 13.6 Å². The number of aromatic amines is 1. The number of benzene rings is 4. The standard InChI is InChI=1S/C52H62N8O9/c1-32(2)45-49(65)57-42(28-34-15-7-5-8-16-34)50(66)59(4)33(3)46(62)55-41(27-35-22-24-38(61)25-23-35)47(63)56-43(29-37-30-54-40-20-12-11-19-39(37)40)51(67)60(44(48(64)58-45)21-13-14-26-53)52(68)69-31-36-17-9-6-10-18-36/h5-12,15-20,22-25,30,32-33,41-45,54,61H,13-14,21,26-29,31,53H2,1-4H3,(H,55,62)(H,56,63)(H,57,65)(H,58,64)/t33-,41-,42-,43+,44-,45-/m0/s1. The zero-order valence-corrected chi connectivity index (χ0v) is 39.4. The quantitative estimate of drug-likeness (QED) is 0.0837. The minimum atomic E-state index is -1.59. The van der Waals surface area contributed by atoms with Gasteiger partial charge in [0.25, 0.3) is 5.91 Å². The molecule has 8 N–H and O–H groups in total. The zero-order valence-electron chi connectivity index (χ0n) is 39.4. The van der Waals surface area contributed by atoms with Gasteiger partial charge in [0.05, 0.1) is 0 Å². The summed E-state index contributed by atoms with van der Waals surface area (Å²) in [6, 6.07) is 22.7. The number of carbonyl (C=O) groups is 7. The molecule has 4 aromatic carbocycles. The Kier molecular flexibility index (Phi) is 17.7. The van der Waals surface area contributed by atoms with Crippen LogP contribution in [0.4, 0.5) is 4.79 Å². The van der Waals surface area contributed by atoms with Gasteiger partial charge in [-0.15, -0.1) is 0 Å². The molecular weight excluding hydrogens is 881 g/mol. The molecule has 0 unspecified atom stereocenters. The van der Waals surface area contributed by atoms with E-state index in [-0.39, 0.29) is 51.0 Å². The molecule has 1 aromatic heterocycles. The summed E-state index contributed by atoms with van der Waals surface area (Å²) in [5.41, 5.74) is 9.05. The number of phenols is 1. The van der Waals surface area contributed by atoms with Crippen LogP contribution in [-0.2, 0) is 59.4 Å². The normalized spacial score (nSPS) is 21.2. The molecular formula is C52H62N8O9. The van der Waals surface area contributed by atoms with Crippen LogP contribution in [0.25, 0.3) is 10.9 Å². The summed E-state index contributed by atoms with van der Waals surface area (Å²) < 4.78 is 5.81. The molecule has 1 aliphatic heterocycles. The summed E-state index contributed by atoms with van der Waals surface area (Å²) in [5, 5.41) is 22.0. The van der Waals surface area contributed by atoms with Gasteiger partial charge in [0.1, 0.15) is 48.6 Å². The van der Waals surface area contributed by atoms with Gasteiger partial charge in [0, 0.05) is 43.4 Å². The summed E-state index contributed by atoms with van der Waals surface area (Å²) in [6.45, 7) is 4.83. The summed E-state index contributed by atoms with van der Waals surface area (Å²) >= 11 is 0. The number of phenolic OH excluding ortho intramolecular Hbond substituents is 1. The highest BCUT2D eigenvalue weighted by molar-refractivity contribution is 6.03. The van der Waals surface area contributed by atoms with E-state index >= 15 is 4.79 Å². The minimum absolute atomic E-state index is 0.0177. The predicted octanol–water partition coefficient (Wildman–Crippen LogP) is 4.02. The average molecular weight is 943 g/mol. The number of carbonyl (C=O) groups excluding carboxylic acids is 7. The van der Waals surface area contributed by atoms with Crippen molar-refractivity contribution in [2.24, 2.45) is 11.7 Å². The number of ether oxygens (including phenoxy) is 1. The van der Waals surface area contributed by atoms with E-state index in [1.54, 1.807) is 92.8 Å². The number of likely N-dealkylation sites (N-methyl/N-ethyl adjacent to an activating group) is 1. The van der Waals surface area contributed by atoms with Crippen LogP contribution < -0.4 is 27.0 Å². The first kappa shape index (κ1) is 50.9. The van der Waals surface area contributed by atoms with E-state index in [2.05, 4.69) is 26.3 Å². The van der Waals surface area contributed by atoms with Gasteiger partial charge in [-0.25, -0.2) is 9.69 Å². The van der Waals surface area contributed by atoms with Crippen LogP contribution in [0.5, 0.6) is 5.75 Å². The van der Waals surface area contributed by atoms with Crippen molar-refractivity contribution in [1.82, 2.24) is 36.1 Å². The van der Waals surface area contributed by atoms with Gasteiger partial charge in [0.2, 0.25) is 29.5 Å². The highest BCUT2D eigenvalue weighted by Crippen LogP contribution is 2.23. The van der Waals surface area contributed by atoms with Crippen molar-refractivity contribution in [3.05, 3.63) is 138 Å². The fourth-order valence-corrected chi connectivity index (χ4v) is 8.26. The summed E-state index contributed by atoms with van der Waals surface area (Å²) in [6.07, 6.45) is 0.753. The van der Waals surface area contributed by atoms with E-state index in [1.165, 1.54) is 31.0 Å². The van der Waals surface area contributed by atoms with Gasteiger partial charge >= 0.3 is 6.09 Å². The maximum absolute atomic E-state index is 15.5.